The Kier molecular flexibility index (Phi) is 6.20. The maximum Gasteiger partial charge on any atom is 0.329 e. The molecule has 0 saturated heterocycles. The zero-order chi connectivity index (χ0) is 16.0. The van der Waals surface area contributed by atoms with Crippen LogP contribution in [0.3, 0.4) is 0 Å². The fraction of sp³-hybridized carbons (Fsp3) is 0.467. The molecule has 0 atom stereocenters. The van der Waals surface area contributed by atoms with Gasteiger partial charge in [-0.2, -0.15) is 0 Å². The van der Waals surface area contributed by atoms with Crippen LogP contribution in [0.5, 0.6) is 0 Å². The van der Waals surface area contributed by atoms with Gasteiger partial charge in [-0.15, -0.1) is 0 Å². The van der Waals surface area contributed by atoms with Crippen molar-refractivity contribution in [2.45, 2.75) is 45.6 Å². The third-order valence-corrected chi connectivity index (χ3v) is 4.16. The van der Waals surface area contributed by atoms with Gasteiger partial charge in [0.25, 0.3) is 0 Å². The Bertz CT molecular complexity index is 528. The van der Waals surface area contributed by atoms with Crippen molar-refractivity contribution in [2.24, 2.45) is 0 Å². The van der Waals surface area contributed by atoms with Crippen LogP contribution in [0.4, 0.5) is 10.5 Å². The third-order valence-electron chi connectivity index (χ3n) is 3.67. The minimum absolute atomic E-state index is 0.327. The summed E-state index contributed by atoms with van der Waals surface area (Å²) >= 11 is 3.39. The van der Waals surface area contributed by atoms with E-state index in [4.69, 9.17) is 0 Å². The summed E-state index contributed by atoms with van der Waals surface area (Å²) in [5.41, 5.74) is 0.435. The van der Waals surface area contributed by atoms with E-state index in [1.54, 1.807) is 19.9 Å². The normalized spacial score (nSPS) is 11.0. The number of urea groups is 1. The number of halogens is 1. The number of amides is 2. The highest BCUT2D eigenvalue weighted by molar-refractivity contribution is 9.10. The second-order valence-electron chi connectivity index (χ2n) is 4.83. The molecule has 116 valence electrons. The molecule has 0 aliphatic rings. The molecule has 0 aromatic heterocycles. The summed E-state index contributed by atoms with van der Waals surface area (Å²) in [6.07, 6.45) is 1.42. The molecular weight excluding hydrogens is 336 g/mol. The van der Waals surface area contributed by atoms with Gasteiger partial charge >= 0.3 is 12.0 Å². The lowest BCUT2D eigenvalue weighted by atomic mass is 9.93. The Labute approximate surface area is 133 Å². The Morgan fingerprint density at radius 3 is 2.33 bits per heavy atom. The summed E-state index contributed by atoms with van der Waals surface area (Å²) < 4.78 is 0.937. The van der Waals surface area contributed by atoms with Crippen LogP contribution in [-0.2, 0) is 11.2 Å². The van der Waals surface area contributed by atoms with Gasteiger partial charge in [-0.05, 0) is 43.0 Å². The van der Waals surface area contributed by atoms with Crippen LogP contribution in [0, 0.1) is 0 Å². The molecule has 0 fully saturated rings. The summed E-state index contributed by atoms with van der Waals surface area (Å²) in [4.78, 5) is 23.5. The maximum absolute atomic E-state index is 12.1. The predicted octanol–water partition coefficient (Wildman–Crippen LogP) is 3.78. The number of rotatable bonds is 6. The van der Waals surface area contributed by atoms with E-state index in [0.717, 1.165) is 16.5 Å². The fourth-order valence-corrected chi connectivity index (χ4v) is 2.54. The van der Waals surface area contributed by atoms with E-state index in [0.29, 0.717) is 18.5 Å². The number of benzene rings is 1. The summed E-state index contributed by atoms with van der Waals surface area (Å²) in [5.74, 6) is -1.02. The molecule has 0 spiro atoms. The van der Waals surface area contributed by atoms with Crippen LogP contribution in [-0.4, -0.2) is 22.6 Å². The van der Waals surface area contributed by atoms with E-state index in [2.05, 4.69) is 26.6 Å². The molecule has 0 saturated carbocycles. The Hall–Kier alpha value is -1.56. The summed E-state index contributed by atoms with van der Waals surface area (Å²) in [6, 6.07) is 5.06. The molecule has 0 bridgehead atoms. The van der Waals surface area contributed by atoms with Crippen LogP contribution in [0.2, 0.25) is 0 Å². The van der Waals surface area contributed by atoms with Crippen molar-refractivity contribution < 1.29 is 14.7 Å². The van der Waals surface area contributed by atoms with Crippen LogP contribution >= 0.6 is 15.9 Å². The van der Waals surface area contributed by atoms with Crippen molar-refractivity contribution in [1.82, 2.24) is 5.32 Å². The molecule has 1 rings (SSSR count). The van der Waals surface area contributed by atoms with Crippen LogP contribution < -0.4 is 10.6 Å². The summed E-state index contributed by atoms with van der Waals surface area (Å²) in [5, 5.41) is 14.6. The first-order chi connectivity index (χ1) is 9.88. The minimum atomic E-state index is -1.23. The average Bonchev–Trinajstić information content (AvgIpc) is 2.46. The molecule has 0 radical (unpaired) electrons. The number of hydrogen-bond acceptors (Lipinski definition) is 2. The molecule has 2 amide bonds. The highest BCUT2D eigenvalue weighted by Gasteiger charge is 2.36. The van der Waals surface area contributed by atoms with Crippen molar-refractivity contribution in [1.29, 1.82) is 0 Å². The van der Waals surface area contributed by atoms with Crippen LogP contribution in [0.1, 0.15) is 39.2 Å². The number of hydrogen-bond donors (Lipinski definition) is 3. The largest absolute Gasteiger partial charge is 0.480 e. The monoisotopic (exact) mass is 356 g/mol. The smallest absolute Gasteiger partial charge is 0.329 e. The van der Waals surface area contributed by atoms with E-state index in [9.17, 15) is 14.7 Å². The number of anilines is 1. The molecule has 0 heterocycles. The van der Waals surface area contributed by atoms with Gasteiger partial charge in [0.1, 0.15) is 5.54 Å². The molecule has 1 aromatic carbocycles. The molecule has 1 aromatic rings. The first-order valence-corrected chi connectivity index (χ1v) is 7.78. The molecule has 0 aliphatic carbocycles. The van der Waals surface area contributed by atoms with E-state index < -0.39 is 17.5 Å². The predicted molar refractivity (Wildman–Crippen MR) is 86.6 cm³/mol. The number of aryl methyl sites for hydroxylation is 1. The zero-order valence-electron chi connectivity index (χ0n) is 12.5. The Balaban J connectivity index is 2.89. The van der Waals surface area contributed by atoms with Gasteiger partial charge in [0.15, 0.2) is 0 Å². The number of carboxylic acid groups (broad SMARTS) is 1. The van der Waals surface area contributed by atoms with Gasteiger partial charge in [-0.1, -0.05) is 36.7 Å². The highest BCUT2D eigenvalue weighted by Crippen LogP contribution is 2.22. The van der Waals surface area contributed by atoms with E-state index >= 15 is 0 Å². The second-order valence-corrected chi connectivity index (χ2v) is 5.74. The summed E-state index contributed by atoms with van der Waals surface area (Å²) in [7, 11) is 0. The van der Waals surface area contributed by atoms with E-state index in [-0.39, 0.29) is 0 Å². The van der Waals surface area contributed by atoms with Crippen molar-refractivity contribution in [3.8, 4) is 0 Å². The quantitative estimate of drug-likeness (QED) is 0.725. The van der Waals surface area contributed by atoms with Gasteiger partial charge in [0.2, 0.25) is 0 Å². The lowest BCUT2D eigenvalue weighted by Gasteiger charge is -2.28. The number of carboxylic acids is 1. The number of carbonyl (C=O) groups excluding carboxylic acids is 1. The van der Waals surface area contributed by atoms with Crippen molar-refractivity contribution in [3.05, 3.63) is 28.2 Å². The number of nitrogens with one attached hydrogen (secondary N) is 2. The van der Waals surface area contributed by atoms with Gasteiger partial charge in [0, 0.05) is 10.2 Å². The molecular formula is C15H21BrN2O3. The lowest BCUT2D eigenvalue weighted by molar-refractivity contribution is -0.144. The molecule has 21 heavy (non-hydrogen) atoms. The van der Waals surface area contributed by atoms with Crippen molar-refractivity contribution in [3.63, 3.8) is 0 Å². The topological polar surface area (TPSA) is 78.4 Å². The van der Waals surface area contributed by atoms with Crippen LogP contribution in [0.15, 0.2) is 22.7 Å². The van der Waals surface area contributed by atoms with Gasteiger partial charge < -0.3 is 15.7 Å². The van der Waals surface area contributed by atoms with E-state index in [1.807, 2.05) is 19.1 Å². The highest BCUT2D eigenvalue weighted by atomic mass is 79.9. The third kappa shape index (κ3) is 4.20. The fourth-order valence-electron chi connectivity index (χ4n) is 2.13. The molecule has 6 heteroatoms. The lowest BCUT2D eigenvalue weighted by Crippen LogP contribution is -2.55. The average molecular weight is 357 g/mol. The molecule has 0 aliphatic heterocycles. The van der Waals surface area contributed by atoms with Crippen LogP contribution in [0.25, 0.3) is 0 Å². The van der Waals surface area contributed by atoms with Crippen molar-refractivity contribution in [2.75, 3.05) is 5.32 Å². The first kappa shape index (κ1) is 17.5. The second kappa shape index (κ2) is 7.45. The van der Waals surface area contributed by atoms with Gasteiger partial charge in [-0.25, -0.2) is 9.59 Å². The Morgan fingerprint density at radius 2 is 1.86 bits per heavy atom. The Morgan fingerprint density at radius 1 is 1.24 bits per heavy atom. The SMILES string of the molecule is CCc1cc(Br)ccc1NC(=O)NC(CC)(CC)C(=O)O. The summed E-state index contributed by atoms with van der Waals surface area (Å²) in [6.45, 7) is 5.48. The van der Waals surface area contributed by atoms with Crippen molar-refractivity contribution >= 4 is 33.6 Å². The minimum Gasteiger partial charge on any atom is -0.480 e. The molecule has 3 N–H and O–H groups in total. The number of aliphatic carboxylic acids is 1. The van der Waals surface area contributed by atoms with E-state index in [1.165, 1.54) is 0 Å². The van der Waals surface area contributed by atoms with Gasteiger partial charge in [0.05, 0.1) is 0 Å². The van der Waals surface area contributed by atoms with Gasteiger partial charge in [-0.3, -0.25) is 0 Å². The number of carbonyl (C=O) groups is 2. The molecule has 0 unspecified atom stereocenters. The molecule has 5 nitrogen and oxygen atoms in total. The zero-order valence-corrected chi connectivity index (χ0v) is 14.1. The standard InChI is InChI=1S/C15H21BrN2O3/c1-4-10-9-11(16)7-8-12(10)17-14(21)18-15(5-2,6-3)13(19)20/h7-9H,4-6H2,1-3H3,(H,19,20)(H2,17,18,21). The first-order valence-electron chi connectivity index (χ1n) is 6.99. The maximum atomic E-state index is 12.1.